The lowest BCUT2D eigenvalue weighted by Gasteiger charge is -2.62. The number of fused-ring (bicyclic) bond motifs is 5. The van der Waals surface area contributed by atoms with Gasteiger partial charge in [0.05, 0.1) is 5.56 Å². The second-order valence-corrected chi connectivity index (χ2v) is 16.7. The minimum Gasteiger partial charge on any atom is -0.458 e. The van der Waals surface area contributed by atoms with Gasteiger partial charge in [0.1, 0.15) is 6.10 Å². The van der Waals surface area contributed by atoms with E-state index in [0.717, 1.165) is 38.5 Å². The maximum atomic E-state index is 13.7. The van der Waals surface area contributed by atoms with Gasteiger partial charge in [-0.15, -0.1) is 0 Å². The Morgan fingerprint density at radius 2 is 1.60 bits per heavy atom. The summed E-state index contributed by atoms with van der Waals surface area (Å²) >= 11 is 0. The molecule has 0 amide bonds. The number of aliphatic hydroxyl groups is 1. The second kappa shape index (κ2) is 11.7. The molecule has 3 nitrogen and oxygen atoms in total. The van der Waals surface area contributed by atoms with Crippen LogP contribution in [0, 0.1) is 51.8 Å². The fourth-order valence-electron chi connectivity index (χ4n) is 10.7. The Balaban J connectivity index is 1.20. The van der Waals surface area contributed by atoms with Gasteiger partial charge in [0.15, 0.2) is 5.60 Å². The van der Waals surface area contributed by atoms with E-state index >= 15 is 0 Å². The minimum absolute atomic E-state index is 0.0404. The summed E-state index contributed by atoms with van der Waals surface area (Å²) in [6.07, 6.45) is 5.12. The average Bonchev–Trinajstić information content (AvgIpc) is 3.29. The molecule has 0 radical (unpaired) electrons. The number of rotatable bonds is 7. The molecule has 0 bridgehead atoms. The SMILES string of the molecule is C[C@H](CCC[C@H](OC(=O)c1ccccc1)C(C)(C)C)[C@H]1CCC2[C@@H]3CC[C@H]4C[C@](O)(C(F)(F)F)CC[C@]4(C)C3CC[C@@]21C. The van der Waals surface area contributed by atoms with Gasteiger partial charge in [-0.1, -0.05) is 66.2 Å². The average molecular weight is 605 g/mol. The van der Waals surface area contributed by atoms with Gasteiger partial charge in [0.2, 0.25) is 0 Å². The molecular weight excluding hydrogens is 549 g/mol. The van der Waals surface area contributed by atoms with Crippen molar-refractivity contribution in [3.63, 3.8) is 0 Å². The van der Waals surface area contributed by atoms with Crippen molar-refractivity contribution < 1.29 is 27.8 Å². The van der Waals surface area contributed by atoms with Gasteiger partial charge in [0, 0.05) is 0 Å². The van der Waals surface area contributed by atoms with Crippen LogP contribution >= 0.6 is 0 Å². The number of hydrogen-bond acceptors (Lipinski definition) is 3. The maximum Gasteiger partial charge on any atom is 0.417 e. The first-order valence-electron chi connectivity index (χ1n) is 17.0. The van der Waals surface area contributed by atoms with Crippen LogP contribution in [0.4, 0.5) is 13.2 Å². The number of carbonyl (C=O) groups is 1. The molecule has 0 aliphatic heterocycles. The Bertz CT molecular complexity index is 1130. The zero-order valence-electron chi connectivity index (χ0n) is 27.3. The normalized spacial score (nSPS) is 39.3. The molecule has 0 spiro atoms. The summed E-state index contributed by atoms with van der Waals surface area (Å²) < 4.78 is 47.2. The summed E-state index contributed by atoms with van der Waals surface area (Å²) in [5, 5.41) is 10.5. The molecule has 4 fully saturated rings. The Kier molecular flexibility index (Phi) is 8.90. The van der Waals surface area contributed by atoms with Gasteiger partial charge in [-0.25, -0.2) is 4.79 Å². The topological polar surface area (TPSA) is 46.5 Å². The molecule has 1 aromatic rings. The summed E-state index contributed by atoms with van der Waals surface area (Å²) in [6.45, 7) is 13.6. The van der Waals surface area contributed by atoms with E-state index in [-0.39, 0.29) is 47.1 Å². The van der Waals surface area contributed by atoms with Gasteiger partial charge in [0.25, 0.3) is 0 Å². The number of hydrogen-bond donors (Lipinski definition) is 1. The molecule has 0 heterocycles. The number of halogens is 3. The van der Waals surface area contributed by atoms with Gasteiger partial charge >= 0.3 is 12.1 Å². The predicted octanol–water partition coefficient (Wildman–Crippen LogP) is 10.0. The highest BCUT2D eigenvalue weighted by atomic mass is 19.4. The largest absolute Gasteiger partial charge is 0.458 e. The molecule has 6 heteroatoms. The van der Waals surface area contributed by atoms with Crippen LogP contribution in [0.5, 0.6) is 0 Å². The third kappa shape index (κ3) is 6.04. The number of benzene rings is 1. The number of carbonyl (C=O) groups excluding carboxylic acids is 1. The van der Waals surface area contributed by atoms with Crippen molar-refractivity contribution in [2.45, 2.75) is 136 Å². The van der Waals surface area contributed by atoms with Crippen LogP contribution in [0.1, 0.15) is 129 Å². The predicted molar refractivity (Wildman–Crippen MR) is 164 cm³/mol. The van der Waals surface area contributed by atoms with Crippen LogP contribution in [0.25, 0.3) is 0 Å². The fraction of sp³-hybridized carbons (Fsp3) is 0.811. The molecule has 2 unspecified atom stereocenters. The van der Waals surface area contributed by atoms with Crippen molar-refractivity contribution in [3.05, 3.63) is 35.9 Å². The van der Waals surface area contributed by atoms with E-state index in [4.69, 9.17) is 4.74 Å². The van der Waals surface area contributed by atoms with E-state index in [1.807, 2.05) is 18.2 Å². The van der Waals surface area contributed by atoms with Crippen molar-refractivity contribution in [3.8, 4) is 0 Å². The van der Waals surface area contributed by atoms with Crippen molar-refractivity contribution in [1.29, 1.82) is 0 Å². The highest BCUT2D eigenvalue weighted by Gasteiger charge is 2.65. The van der Waals surface area contributed by atoms with Crippen molar-refractivity contribution in [1.82, 2.24) is 0 Å². The summed E-state index contributed by atoms with van der Waals surface area (Å²) in [7, 11) is 0. The number of esters is 1. The van der Waals surface area contributed by atoms with E-state index in [2.05, 4.69) is 41.5 Å². The fourth-order valence-corrected chi connectivity index (χ4v) is 10.7. The van der Waals surface area contributed by atoms with Crippen LogP contribution < -0.4 is 0 Å². The summed E-state index contributed by atoms with van der Waals surface area (Å²) in [5.41, 5.74) is -1.86. The highest BCUT2D eigenvalue weighted by molar-refractivity contribution is 5.89. The molecule has 4 aliphatic carbocycles. The third-order valence-electron chi connectivity index (χ3n) is 13.4. The molecule has 43 heavy (non-hydrogen) atoms. The quantitative estimate of drug-likeness (QED) is 0.315. The molecule has 1 N–H and O–H groups in total. The molecule has 0 saturated heterocycles. The van der Waals surface area contributed by atoms with Crippen LogP contribution in [0.2, 0.25) is 0 Å². The van der Waals surface area contributed by atoms with Crippen molar-refractivity contribution >= 4 is 5.97 Å². The number of ether oxygens (including phenoxy) is 1. The Hall–Kier alpha value is -1.56. The second-order valence-electron chi connectivity index (χ2n) is 16.7. The molecular formula is C37H55F3O3. The van der Waals surface area contributed by atoms with Crippen LogP contribution in [-0.2, 0) is 4.74 Å². The zero-order chi connectivity index (χ0) is 31.4. The molecule has 4 saturated carbocycles. The summed E-state index contributed by atoms with van der Waals surface area (Å²) in [4.78, 5) is 12.8. The summed E-state index contributed by atoms with van der Waals surface area (Å²) in [5.74, 6) is 2.67. The van der Waals surface area contributed by atoms with E-state index < -0.39 is 11.8 Å². The third-order valence-corrected chi connectivity index (χ3v) is 13.4. The summed E-state index contributed by atoms with van der Waals surface area (Å²) in [6, 6.07) is 9.24. The molecule has 10 atom stereocenters. The van der Waals surface area contributed by atoms with E-state index in [0.29, 0.717) is 41.6 Å². The highest BCUT2D eigenvalue weighted by Crippen LogP contribution is 2.69. The van der Waals surface area contributed by atoms with Gasteiger partial charge in [-0.3, -0.25) is 0 Å². The van der Waals surface area contributed by atoms with E-state index in [9.17, 15) is 23.1 Å². The van der Waals surface area contributed by atoms with Crippen LogP contribution in [0.15, 0.2) is 30.3 Å². The molecule has 242 valence electrons. The van der Waals surface area contributed by atoms with E-state index in [1.54, 1.807) is 12.1 Å². The molecule has 4 aliphatic rings. The van der Waals surface area contributed by atoms with Crippen LogP contribution in [-0.4, -0.2) is 29.0 Å². The van der Waals surface area contributed by atoms with Gasteiger partial charge in [-0.05, 0) is 135 Å². The lowest BCUT2D eigenvalue weighted by atomic mass is 9.43. The Morgan fingerprint density at radius 1 is 0.930 bits per heavy atom. The first-order valence-corrected chi connectivity index (χ1v) is 17.0. The minimum atomic E-state index is -4.54. The van der Waals surface area contributed by atoms with E-state index in [1.165, 1.54) is 19.3 Å². The standard InChI is InChI=1S/C37H55F3O3/c1-24(11-10-14-31(33(2,3)4)43-32(41)25-12-8-7-9-13-25)28-17-18-29-27-16-15-26-23-36(42,37(38,39)40)22-21-34(26,5)30(27)19-20-35(28,29)6/h7-9,12-13,24,26-31,42H,10-11,14-23H2,1-6H3/t24-,26+,27+,28-,29?,30?,31+,34+,35-,36+/m1/s1. The smallest absolute Gasteiger partial charge is 0.417 e. The number of alkyl halides is 3. The lowest BCUT2D eigenvalue weighted by molar-refractivity contribution is -0.290. The first-order chi connectivity index (χ1) is 20.0. The maximum absolute atomic E-state index is 13.7. The van der Waals surface area contributed by atoms with Crippen molar-refractivity contribution in [2.75, 3.05) is 0 Å². The molecule has 1 aromatic carbocycles. The van der Waals surface area contributed by atoms with Crippen molar-refractivity contribution in [2.24, 2.45) is 51.8 Å². The Morgan fingerprint density at radius 3 is 2.26 bits per heavy atom. The Labute approximate surface area is 257 Å². The molecule has 0 aromatic heterocycles. The zero-order valence-corrected chi connectivity index (χ0v) is 27.3. The molecule has 5 rings (SSSR count). The lowest BCUT2D eigenvalue weighted by Crippen LogP contribution is -2.59. The van der Waals surface area contributed by atoms with Gasteiger partial charge < -0.3 is 9.84 Å². The van der Waals surface area contributed by atoms with Gasteiger partial charge in [-0.2, -0.15) is 13.2 Å². The monoisotopic (exact) mass is 604 g/mol. The first kappa shape index (κ1) is 32.8. The van der Waals surface area contributed by atoms with Crippen LogP contribution in [0.3, 0.4) is 0 Å².